The normalized spacial score (nSPS) is 25.9. The monoisotopic (exact) mass is 336 g/mol. The Morgan fingerprint density at radius 1 is 1.04 bits per heavy atom. The Morgan fingerprint density at radius 2 is 1.65 bits per heavy atom. The Labute approximate surface area is 145 Å². The molecule has 23 heavy (non-hydrogen) atoms. The highest BCUT2D eigenvalue weighted by Gasteiger charge is 2.42. The number of benzene rings is 1. The second-order valence-corrected chi connectivity index (χ2v) is 8.47. The van der Waals surface area contributed by atoms with Gasteiger partial charge in [-0.2, -0.15) is 0 Å². The van der Waals surface area contributed by atoms with E-state index in [1.807, 2.05) is 24.3 Å². The van der Waals surface area contributed by atoms with Gasteiger partial charge in [0.15, 0.2) is 0 Å². The fraction of sp³-hybridized carbons (Fsp3) is 0.684. The van der Waals surface area contributed by atoms with Crippen LogP contribution in [0.2, 0.25) is 5.02 Å². The zero-order valence-electron chi connectivity index (χ0n) is 14.6. The van der Waals surface area contributed by atoms with Crippen molar-refractivity contribution in [3.05, 3.63) is 34.9 Å². The van der Waals surface area contributed by atoms with Crippen molar-refractivity contribution in [1.29, 1.82) is 0 Å². The molecule has 3 rings (SSSR count). The standard InChI is InChI=1S/C19H29ClN2O/c1-19(2,3)22-12-16-10-21(11-17(16)13-22)8-9-23-14-15-4-6-18(20)7-5-15/h4-7,16-17H,8-14H2,1-3H3/t16-,17+. The maximum absolute atomic E-state index is 5.89. The van der Waals surface area contributed by atoms with Crippen molar-refractivity contribution in [3.63, 3.8) is 0 Å². The number of ether oxygens (including phenoxy) is 1. The number of likely N-dealkylation sites (tertiary alicyclic amines) is 2. The molecule has 1 aromatic carbocycles. The van der Waals surface area contributed by atoms with Crippen molar-refractivity contribution in [3.8, 4) is 0 Å². The molecular weight excluding hydrogens is 308 g/mol. The molecular formula is C19H29ClN2O. The van der Waals surface area contributed by atoms with Crippen LogP contribution in [0.4, 0.5) is 0 Å². The van der Waals surface area contributed by atoms with Crippen LogP contribution in [0.15, 0.2) is 24.3 Å². The van der Waals surface area contributed by atoms with Gasteiger partial charge in [-0.1, -0.05) is 23.7 Å². The minimum atomic E-state index is 0.316. The van der Waals surface area contributed by atoms with Crippen LogP contribution in [0.1, 0.15) is 26.3 Å². The Kier molecular flexibility index (Phi) is 5.32. The average Bonchev–Trinajstić information content (AvgIpc) is 3.03. The highest BCUT2D eigenvalue weighted by molar-refractivity contribution is 6.30. The van der Waals surface area contributed by atoms with Crippen LogP contribution in [-0.4, -0.2) is 54.7 Å². The van der Waals surface area contributed by atoms with Crippen LogP contribution in [0.3, 0.4) is 0 Å². The summed E-state index contributed by atoms with van der Waals surface area (Å²) in [4.78, 5) is 5.23. The quantitative estimate of drug-likeness (QED) is 0.765. The number of fused-ring (bicyclic) bond motifs is 1. The molecule has 2 aliphatic heterocycles. The van der Waals surface area contributed by atoms with Crippen molar-refractivity contribution in [2.24, 2.45) is 11.8 Å². The summed E-state index contributed by atoms with van der Waals surface area (Å²) in [6.07, 6.45) is 0. The van der Waals surface area contributed by atoms with E-state index in [0.29, 0.717) is 12.1 Å². The van der Waals surface area contributed by atoms with E-state index in [4.69, 9.17) is 16.3 Å². The molecule has 0 saturated carbocycles. The fourth-order valence-electron chi connectivity index (χ4n) is 3.78. The number of nitrogens with zero attached hydrogens (tertiary/aromatic N) is 2. The number of hydrogen-bond acceptors (Lipinski definition) is 3. The van der Waals surface area contributed by atoms with Crippen molar-refractivity contribution < 1.29 is 4.74 Å². The Balaban J connectivity index is 1.35. The van der Waals surface area contributed by atoms with Crippen LogP contribution in [0.25, 0.3) is 0 Å². The summed E-state index contributed by atoms with van der Waals surface area (Å²) in [6.45, 7) is 14.5. The highest BCUT2D eigenvalue weighted by Crippen LogP contribution is 2.34. The molecule has 3 nitrogen and oxygen atoms in total. The van der Waals surface area contributed by atoms with Crippen LogP contribution in [0.5, 0.6) is 0 Å². The van der Waals surface area contributed by atoms with E-state index in [1.165, 1.54) is 31.7 Å². The third-order valence-corrected chi connectivity index (χ3v) is 5.50. The summed E-state index contributed by atoms with van der Waals surface area (Å²) in [7, 11) is 0. The second-order valence-electron chi connectivity index (χ2n) is 8.03. The summed E-state index contributed by atoms with van der Waals surface area (Å²) < 4.78 is 5.82. The summed E-state index contributed by atoms with van der Waals surface area (Å²) in [6, 6.07) is 7.90. The van der Waals surface area contributed by atoms with E-state index in [-0.39, 0.29) is 0 Å². The molecule has 0 spiro atoms. The summed E-state index contributed by atoms with van der Waals surface area (Å²) in [5.41, 5.74) is 1.50. The minimum absolute atomic E-state index is 0.316. The zero-order valence-corrected chi connectivity index (χ0v) is 15.4. The number of halogens is 1. The first-order chi connectivity index (χ1) is 10.9. The molecule has 0 amide bonds. The SMILES string of the molecule is CC(C)(C)N1C[C@H]2CN(CCOCc3ccc(Cl)cc3)C[C@H]2C1. The Bertz CT molecular complexity index is 497. The van der Waals surface area contributed by atoms with Crippen LogP contribution in [0, 0.1) is 11.8 Å². The molecule has 2 heterocycles. The molecule has 0 radical (unpaired) electrons. The van der Waals surface area contributed by atoms with E-state index in [1.54, 1.807) is 0 Å². The molecule has 1 aromatic rings. The summed E-state index contributed by atoms with van der Waals surface area (Å²) in [5, 5.41) is 0.779. The molecule has 2 fully saturated rings. The smallest absolute Gasteiger partial charge is 0.0717 e. The van der Waals surface area contributed by atoms with Gasteiger partial charge in [0.2, 0.25) is 0 Å². The van der Waals surface area contributed by atoms with Crippen LogP contribution < -0.4 is 0 Å². The van der Waals surface area contributed by atoms with Crippen LogP contribution in [-0.2, 0) is 11.3 Å². The lowest BCUT2D eigenvalue weighted by Gasteiger charge is -2.33. The molecule has 0 aromatic heterocycles. The first-order valence-corrected chi connectivity index (χ1v) is 9.09. The van der Waals surface area contributed by atoms with Crippen LogP contribution >= 0.6 is 11.6 Å². The largest absolute Gasteiger partial charge is 0.375 e. The average molecular weight is 337 g/mol. The van der Waals surface area contributed by atoms with Crippen molar-refractivity contribution >= 4 is 11.6 Å². The van der Waals surface area contributed by atoms with E-state index >= 15 is 0 Å². The van der Waals surface area contributed by atoms with Gasteiger partial charge in [0, 0.05) is 43.3 Å². The van der Waals surface area contributed by atoms with E-state index in [2.05, 4.69) is 30.6 Å². The minimum Gasteiger partial charge on any atom is -0.375 e. The second kappa shape index (κ2) is 7.10. The third kappa shape index (κ3) is 4.48. The van der Waals surface area contributed by atoms with E-state index in [9.17, 15) is 0 Å². The lowest BCUT2D eigenvalue weighted by molar-refractivity contribution is 0.0920. The molecule has 2 atom stereocenters. The Morgan fingerprint density at radius 3 is 2.22 bits per heavy atom. The van der Waals surface area contributed by atoms with Gasteiger partial charge < -0.3 is 9.64 Å². The first-order valence-electron chi connectivity index (χ1n) is 8.71. The predicted octanol–water partition coefficient (Wildman–Crippen LogP) is 3.52. The maximum atomic E-state index is 5.89. The molecule has 4 heteroatoms. The van der Waals surface area contributed by atoms with Gasteiger partial charge in [-0.15, -0.1) is 0 Å². The third-order valence-electron chi connectivity index (χ3n) is 5.24. The van der Waals surface area contributed by atoms with Gasteiger partial charge in [-0.3, -0.25) is 4.90 Å². The predicted molar refractivity (Wildman–Crippen MR) is 95.9 cm³/mol. The Hall–Kier alpha value is -0.610. The van der Waals surface area contributed by atoms with E-state index < -0.39 is 0 Å². The van der Waals surface area contributed by atoms with Gasteiger partial charge in [0.25, 0.3) is 0 Å². The van der Waals surface area contributed by atoms with Crippen molar-refractivity contribution in [1.82, 2.24) is 9.80 Å². The molecule has 2 aliphatic rings. The van der Waals surface area contributed by atoms with E-state index in [0.717, 1.165) is 30.0 Å². The fourth-order valence-corrected chi connectivity index (χ4v) is 3.91. The van der Waals surface area contributed by atoms with Gasteiger partial charge in [-0.25, -0.2) is 0 Å². The molecule has 2 saturated heterocycles. The number of rotatable bonds is 5. The molecule has 0 bridgehead atoms. The summed E-state index contributed by atoms with van der Waals surface area (Å²) in [5.74, 6) is 1.70. The molecule has 128 valence electrons. The van der Waals surface area contributed by atoms with Gasteiger partial charge in [0.05, 0.1) is 13.2 Å². The molecule has 0 unspecified atom stereocenters. The van der Waals surface area contributed by atoms with Crippen molar-refractivity contribution in [2.75, 3.05) is 39.3 Å². The first kappa shape index (κ1) is 17.2. The highest BCUT2D eigenvalue weighted by atomic mass is 35.5. The molecule has 0 aliphatic carbocycles. The molecule has 0 N–H and O–H groups in total. The maximum Gasteiger partial charge on any atom is 0.0717 e. The lowest BCUT2D eigenvalue weighted by atomic mass is 10.0. The van der Waals surface area contributed by atoms with Gasteiger partial charge in [-0.05, 0) is 50.3 Å². The summed E-state index contributed by atoms with van der Waals surface area (Å²) >= 11 is 5.89. The van der Waals surface area contributed by atoms with Gasteiger partial charge >= 0.3 is 0 Å². The van der Waals surface area contributed by atoms with Gasteiger partial charge in [0.1, 0.15) is 0 Å². The van der Waals surface area contributed by atoms with Crippen molar-refractivity contribution in [2.45, 2.75) is 32.9 Å². The zero-order chi connectivity index (χ0) is 16.4. The lowest BCUT2D eigenvalue weighted by Crippen LogP contribution is -2.41. The number of hydrogen-bond donors (Lipinski definition) is 0. The topological polar surface area (TPSA) is 15.7 Å².